The summed E-state index contributed by atoms with van der Waals surface area (Å²) in [6.07, 6.45) is -7.79. The zero-order valence-electron chi connectivity index (χ0n) is 16.0. The molecule has 0 amide bonds. The molecule has 2 aliphatic heterocycles. The van der Waals surface area contributed by atoms with E-state index < -0.39 is 49.0 Å². The Morgan fingerprint density at radius 2 is 1.70 bits per heavy atom. The Morgan fingerprint density at radius 3 is 2.33 bits per heavy atom. The summed E-state index contributed by atoms with van der Waals surface area (Å²) in [5.74, 6) is -0.0595. The number of aliphatic hydroxyl groups is 4. The van der Waals surface area contributed by atoms with Crippen LogP contribution >= 0.6 is 0 Å². The number of benzene rings is 2. The summed E-state index contributed by atoms with van der Waals surface area (Å²) in [6.45, 7) is -0.576. The highest BCUT2D eigenvalue weighted by Gasteiger charge is 2.45. The molecule has 30 heavy (non-hydrogen) atoms. The lowest BCUT2D eigenvalue weighted by atomic mass is 9.90. The Kier molecular flexibility index (Phi) is 5.39. The third-order valence-electron chi connectivity index (χ3n) is 5.47. The lowest BCUT2D eigenvalue weighted by molar-refractivity contribution is -0.231. The molecule has 2 aromatic carbocycles. The molecule has 0 spiro atoms. The minimum absolute atomic E-state index is 0.00385. The summed E-state index contributed by atoms with van der Waals surface area (Å²) in [5, 5.41) is 50.1. The molecule has 4 rings (SSSR count). The SMILES string of the molecule is COc1ccc(C2Oc3cc(C4O[C@H](CO)[C@@H](O)[C@H](O)[C@H]4O)cc(O)c3C2=O)cc1. The number of carbonyl (C=O) groups excluding carboxylic acids is 1. The third-order valence-corrected chi connectivity index (χ3v) is 5.47. The van der Waals surface area contributed by atoms with E-state index in [0.717, 1.165) is 0 Å². The van der Waals surface area contributed by atoms with Gasteiger partial charge in [-0.2, -0.15) is 0 Å². The summed E-state index contributed by atoms with van der Waals surface area (Å²) in [6, 6.07) is 9.42. The van der Waals surface area contributed by atoms with Crippen molar-refractivity contribution in [2.75, 3.05) is 13.7 Å². The van der Waals surface area contributed by atoms with Gasteiger partial charge in [0.05, 0.1) is 13.7 Å². The maximum atomic E-state index is 12.8. The van der Waals surface area contributed by atoms with E-state index in [0.29, 0.717) is 11.3 Å². The molecule has 6 atom stereocenters. The van der Waals surface area contributed by atoms with E-state index in [-0.39, 0.29) is 22.6 Å². The van der Waals surface area contributed by atoms with Gasteiger partial charge in [0.15, 0.2) is 6.10 Å². The van der Waals surface area contributed by atoms with Crippen molar-refractivity contribution in [1.29, 1.82) is 0 Å². The first-order chi connectivity index (χ1) is 14.3. The molecule has 1 saturated heterocycles. The number of rotatable bonds is 4. The molecule has 160 valence electrons. The Labute approximate surface area is 171 Å². The van der Waals surface area contributed by atoms with Crippen LogP contribution in [-0.2, 0) is 4.74 Å². The van der Waals surface area contributed by atoms with E-state index in [2.05, 4.69) is 0 Å². The predicted molar refractivity (Wildman–Crippen MR) is 102 cm³/mol. The van der Waals surface area contributed by atoms with Crippen LogP contribution in [0.1, 0.15) is 33.7 Å². The van der Waals surface area contributed by atoms with Crippen LogP contribution in [0.2, 0.25) is 0 Å². The monoisotopic (exact) mass is 418 g/mol. The summed E-state index contributed by atoms with van der Waals surface area (Å²) >= 11 is 0. The molecule has 2 aliphatic rings. The third kappa shape index (κ3) is 3.30. The second-order valence-corrected chi connectivity index (χ2v) is 7.30. The van der Waals surface area contributed by atoms with Crippen molar-refractivity contribution in [2.24, 2.45) is 0 Å². The van der Waals surface area contributed by atoms with Gasteiger partial charge < -0.3 is 39.7 Å². The molecule has 2 unspecified atom stereocenters. The highest BCUT2D eigenvalue weighted by atomic mass is 16.5. The first kappa shape index (κ1) is 20.6. The van der Waals surface area contributed by atoms with Crippen LogP contribution < -0.4 is 9.47 Å². The fraction of sp³-hybridized carbons (Fsp3) is 0.381. The van der Waals surface area contributed by atoms with Gasteiger partial charge in [-0.25, -0.2) is 0 Å². The topological polar surface area (TPSA) is 146 Å². The second kappa shape index (κ2) is 7.86. The Morgan fingerprint density at radius 1 is 1.00 bits per heavy atom. The molecule has 9 nitrogen and oxygen atoms in total. The van der Waals surface area contributed by atoms with Gasteiger partial charge in [0.25, 0.3) is 0 Å². The fourth-order valence-electron chi connectivity index (χ4n) is 3.81. The molecule has 0 bridgehead atoms. The molecular weight excluding hydrogens is 396 g/mol. The van der Waals surface area contributed by atoms with E-state index in [1.54, 1.807) is 24.3 Å². The molecule has 5 N–H and O–H groups in total. The molecular formula is C21H22O9. The number of fused-ring (bicyclic) bond motifs is 1. The van der Waals surface area contributed by atoms with Crippen molar-refractivity contribution in [3.05, 3.63) is 53.1 Å². The zero-order valence-corrected chi connectivity index (χ0v) is 16.0. The normalized spacial score (nSPS) is 30.6. The van der Waals surface area contributed by atoms with Gasteiger partial charge in [0, 0.05) is 5.56 Å². The average molecular weight is 418 g/mol. The number of phenolic OH excluding ortho intramolecular Hbond substituents is 1. The number of phenols is 1. The predicted octanol–water partition coefficient (Wildman–Crippen LogP) is 0.232. The maximum Gasteiger partial charge on any atom is 0.215 e. The molecule has 0 aliphatic carbocycles. The standard InChI is InChI=1S/C21H22O9/c1-28-11-4-2-9(3-5-11)20-17(25)15-12(23)6-10(7-13(15)29-20)21-19(27)18(26)16(24)14(8-22)30-21/h2-7,14,16,18-24,26-27H,8H2,1H3/t14-,16-,18+,19-,20?,21?/m1/s1. The summed E-state index contributed by atoms with van der Waals surface area (Å²) in [5.41, 5.74) is 0.807. The number of aromatic hydroxyl groups is 1. The van der Waals surface area contributed by atoms with Crippen LogP contribution in [0.3, 0.4) is 0 Å². The van der Waals surface area contributed by atoms with Crippen molar-refractivity contribution in [3.8, 4) is 17.2 Å². The van der Waals surface area contributed by atoms with E-state index in [4.69, 9.17) is 14.2 Å². The van der Waals surface area contributed by atoms with E-state index >= 15 is 0 Å². The van der Waals surface area contributed by atoms with Crippen LogP contribution in [0.15, 0.2) is 36.4 Å². The van der Waals surface area contributed by atoms with E-state index in [1.807, 2.05) is 0 Å². The largest absolute Gasteiger partial charge is 0.507 e. The molecule has 1 fully saturated rings. The van der Waals surface area contributed by atoms with Gasteiger partial charge in [-0.3, -0.25) is 4.79 Å². The molecule has 0 aromatic heterocycles. The number of Topliss-reactive ketones (excluding diaryl/α,β-unsaturated/α-hetero) is 1. The van der Waals surface area contributed by atoms with Crippen LogP contribution in [-0.4, -0.2) is 69.4 Å². The van der Waals surface area contributed by atoms with Crippen LogP contribution in [0.4, 0.5) is 0 Å². The van der Waals surface area contributed by atoms with Gasteiger partial charge >= 0.3 is 0 Å². The van der Waals surface area contributed by atoms with Crippen molar-refractivity contribution < 1.29 is 44.5 Å². The average Bonchev–Trinajstić information content (AvgIpc) is 3.09. The summed E-state index contributed by atoms with van der Waals surface area (Å²) in [4.78, 5) is 12.8. The first-order valence-electron chi connectivity index (χ1n) is 9.38. The van der Waals surface area contributed by atoms with Crippen molar-refractivity contribution >= 4 is 5.78 Å². The van der Waals surface area contributed by atoms with Crippen molar-refractivity contribution in [2.45, 2.75) is 36.6 Å². The smallest absolute Gasteiger partial charge is 0.215 e. The number of hydrogen-bond donors (Lipinski definition) is 5. The number of aliphatic hydroxyl groups excluding tert-OH is 4. The highest BCUT2D eigenvalue weighted by molar-refractivity contribution is 6.07. The van der Waals surface area contributed by atoms with Crippen LogP contribution in [0.25, 0.3) is 0 Å². The van der Waals surface area contributed by atoms with Crippen molar-refractivity contribution in [3.63, 3.8) is 0 Å². The minimum Gasteiger partial charge on any atom is -0.507 e. The maximum absolute atomic E-state index is 12.8. The lowest BCUT2D eigenvalue weighted by Gasteiger charge is -2.40. The Hall–Kier alpha value is -2.69. The summed E-state index contributed by atoms with van der Waals surface area (Å²) in [7, 11) is 1.53. The Balaban J connectivity index is 1.65. The zero-order chi connectivity index (χ0) is 21.6. The lowest BCUT2D eigenvalue weighted by Crippen LogP contribution is -2.55. The second-order valence-electron chi connectivity index (χ2n) is 7.30. The summed E-state index contributed by atoms with van der Waals surface area (Å²) < 4.78 is 16.4. The van der Waals surface area contributed by atoms with Crippen molar-refractivity contribution in [1.82, 2.24) is 0 Å². The van der Waals surface area contributed by atoms with Crippen LogP contribution in [0.5, 0.6) is 17.2 Å². The molecule has 9 heteroatoms. The number of hydrogen-bond acceptors (Lipinski definition) is 9. The van der Waals surface area contributed by atoms with Gasteiger partial charge in [0.2, 0.25) is 5.78 Å². The van der Waals surface area contributed by atoms with Gasteiger partial charge in [-0.1, -0.05) is 12.1 Å². The molecule has 0 saturated carbocycles. The minimum atomic E-state index is -1.56. The first-order valence-corrected chi connectivity index (χ1v) is 9.38. The number of carbonyl (C=O) groups is 1. The van der Waals surface area contributed by atoms with Gasteiger partial charge in [-0.05, 0) is 29.8 Å². The quantitative estimate of drug-likeness (QED) is 0.471. The Bertz CT molecular complexity index is 940. The molecule has 0 radical (unpaired) electrons. The van der Waals surface area contributed by atoms with E-state index in [9.17, 15) is 30.3 Å². The van der Waals surface area contributed by atoms with Crippen LogP contribution in [0, 0.1) is 0 Å². The molecule has 2 aromatic rings. The fourth-order valence-corrected chi connectivity index (χ4v) is 3.81. The highest BCUT2D eigenvalue weighted by Crippen LogP contribution is 2.45. The number of methoxy groups -OCH3 is 1. The number of ketones is 1. The van der Waals surface area contributed by atoms with Gasteiger partial charge in [0.1, 0.15) is 53.3 Å². The van der Waals surface area contributed by atoms with Gasteiger partial charge in [-0.15, -0.1) is 0 Å². The van der Waals surface area contributed by atoms with E-state index in [1.165, 1.54) is 19.2 Å². The number of ether oxygens (including phenoxy) is 3. The molecule has 2 heterocycles.